The predicted molar refractivity (Wildman–Crippen MR) is 27.6 cm³/mol. The number of carbonyl (C=O) groups excluding carboxylic acids is 1. The highest BCUT2D eigenvalue weighted by molar-refractivity contribution is 5.86. The number of hydrogen-bond donors (Lipinski definition) is 1. The number of aliphatic hydroxyl groups is 1. The summed E-state index contributed by atoms with van der Waals surface area (Å²) in [5.41, 5.74) is 0. The highest BCUT2D eigenvalue weighted by Gasteiger charge is 2.17. The molecule has 1 N–H and O–H groups in total. The third-order valence-corrected chi connectivity index (χ3v) is 0.892. The molecule has 0 aliphatic carbocycles. The van der Waals surface area contributed by atoms with Crippen LogP contribution in [-0.2, 0) is 14.3 Å². The highest BCUT2D eigenvalue weighted by Crippen LogP contribution is 2.04. The van der Waals surface area contributed by atoms with Crippen molar-refractivity contribution in [3.63, 3.8) is 0 Å². The normalized spacial score (nSPS) is 23.1. The second-order valence-electron chi connectivity index (χ2n) is 1.48. The van der Waals surface area contributed by atoms with E-state index < -0.39 is 5.97 Å². The minimum absolute atomic E-state index is 0.124. The number of hydrogen-bond acceptors (Lipinski definition) is 4. The molecule has 1 aliphatic heterocycles. The number of esters is 1. The monoisotopic (exact) mass is 130 g/mol. The molecule has 9 heavy (non-hydrogen) atoms. The van der Waals surface area contributed by atoms with E-state index >= 15 is 0 Å². The minimum atomic E-state index is -0.608. The summed E-state index contributed by atoms with van der Waals surface area (Å²) in [6.07, 6.45) is 0.599. The molecule has 1 saturated heterocycles. The molecule has 1 fully saturated rings. The molecular weight excluding hydrogens is 124 g/mol. The van der Waals surface area contributed by atoms with Crippen LogP contribution in [0, 0.1) is 0 Å². The van der Waals surface area contributed by atoms with Gasteiger partial charge < -0.3 is 14.6 Å². The second kappa shape index (κ2) is 2.39. The van der Waals surface area contributed by atoms with Crippen LogP contribution < -0.4 is 0 Å². The Balaban J connectivity index is 2.60. The van der Waals surface area contributed by atoms with Gasteiger partial charge in [0.1, 0.15) is 19.5 Å². The Morgan fingerprint density at radius 2 is 2.11 bits per heavy atom. The maximum atomic E-state index is 10.4. The van der Waals surface area contributed by atoms with Gasteiger partial charge >= 0.3 is 5.97 Å². The van der Waals surface area contributed by atoms with E-state index in [2.05, 4.69) is 9.47 Å². The maximum absolute atomic E-state index is 10.4. The Morgan fingerprint density at radius 3 is 2.56 bits per heavy atom. The summed E-state index contributed by atoms with van der Waals surface area (Å²) >= 11 is 0. The zero-order chi connectivity index (χ0) is 6.69. The van der Waals surface area contributed by atoms with Gasteiger partial charge in [-0.3, -0.25) is 0 Å². The Kier molecular flexibility index (Phi) is 1.58. The third-order valence-electron chi connectivity index (χ3n) is 0.892. The molecule has 1 heterocycles. The molecule has 1 rings (SSSR count). The van der Waals surface area contributed by atoms with Crippen LogP contribution in [0.15, 0.2) is 12.0 Å². The van der Waals surface area contributed by atoms with Gasteiger partial charge in [-0.05, 0) is 0 Å². The van der Waals surface area contributed by atoms with Crippen LogP contribution >= 0.6 is 0 Å². The molecule has 50 valence electrons. The standard InChI is InChI=1S/C5H6O4/c6-3-4-5(7)9-2-1-8-4/h3,6H,1-2H2/b4-3+. The Labute approximate surface area is 51.7 Å². The molecule has 0 saturated carbocycles. The fourth-order valence-electron chi connectivity index (χ4n) is 0.506. The Morgan fingerprint density at radius 1 is 1.44 bits per heavy atom. The molecule has 4 heteroatoms. The van der Waals surface area contributed by atoms with E-state index in [1.54, 1.807) is 0 Å². The highest BCUT2D eigenvalue weighted by atomic mass is 16.6. The molecule has 0 bridgehead atoms. The van der Waals surface area contributed by atoms with Gasteiger partial charge in [0, 0.05) is 0 Å². The first kappa shape index (κ1) is 5.94. The topological polar surface area (TPSA) is 55.8 Å². The number of cyclic esters (lactones) is 1. The Hall–Kier alpha value is -1.19. The van der Waals surface area contributed by atoms with E-state index in [4.69, 9.17) is 5.11 Å². The molecule has 0 radical (unpaired) electrons. The van der Waals surface area contributed by atoms with Crippen molar-refractivity contribution in [2.75, 3.05) is 13.2 Å². The van der Waals surface area contributed by atoms with E-state index in [-0.39, 0.29) is 12.4 Å². The first-order valence-corrected chi connectivity index (χ1v) is 2.49. The molecule has 0 unspecified atom stereocenters. The molecule has 0 aromatic rings. The fourth-order valence-corrected chi connectivity index (χ4v) is 0.506. The second-order valence-corrected chi connectivity index (χ2v) is 1.48. The lowest BCUT2D eigenvalue weighted by Crippen LogP contribution is -2.21. The van der Waals surface area contributed by atoms with Crippen molar-refractivity contribution in [2.45, 2.75) is 0 Å². The SMILES string of the molecule is O=C1OCCO/C1=C/O. The van der Waals surface area contributed by atoms with Gasteiger partial charge in [0.15, 0.2) is 0 Å². The van der Waals surface area contributed by atoms with Crippen LogP contribution in [-0.4, -0.2) is 24.3 Å². The van der Waals surface area contributed by atoms with Gasteiger partial charge in [-0.15, -0.1) is 0 Å². The quantitative estimate of drug-likeness (QED) is 0.284. The first-order chi connectivity index (χ1) is 4.34. The summed E-state index contributed by atoms with van der Waals surface area (Å²) in [7, 11) is 0. The van der Waals surface area contributed by atoms with Crippen molar-refractivity contribution in [1.29, 1.82) is 0 Å². The van der Waals surface area contributed by atoms with E-state index in [0.717, 1.165) is 0 Å². The van der Waals surface area contributed by atoms with Gasteiger partial charge in [0.25, 0.3) is 0 Å². The van der Waals surface area contributed by atoms with Crippen LogP contribution in [0.1, 0.15) is 0 Å². The first-order valence-electron chi connectivity index (χ1n) is 2.49. The van der Waals surface area contributed by atoms with Crippen LogP contribution in [0.25, 0.3) is 0 Å². The molecule has 1 aliphatic rings. The number of ether oxygens (including phenoxy) is 2. The summed E-state index contributed by atoms with van der Waals surface area (Å²) < 4.78 is 9.17. The van der Waals surface area contributed by atoms with Crippen molar-refractivity contribution < 1.29 is 19.4 Å². The van der Waals surface area contributed by atoms with Crippen LogP contribution in [0.5, 0.6) is 0 Å². The Bertz CT molecular complexity index is 149. The van der Waals surface area contributed by atoms with Gasteiger partial charge in [-0.2, -0.15) is 0 Å². The minimum Gasteiger partial charge on any atom is -0.511 e. The van der Waals surface area contributed by atoms with Gasteiger partial charge in [-0.25, -0.2) is 4.79 Å². The van der Waals surface area contributed by atoms with E-state index in [9.17, 15) is 4.79 Å². The lowest BCUT2D eigenvalue weighted by molar-refractivity contribution is -0.150. The molecule has 0 atom stereocenters. The maximum Gasteiger partial charge on any atom is 0.377 e. The lowest BCUT2D eigenvalue weighted by Gasteiger charge is -2.13. The number of carbonyl (C=O) groups is 1. The average molecular weight is 130 g/mol. The van der Waals surface area contributed by atoms with Crippen molar-refractivity contribution >= 4 is 5.97 Å². The van der Waals surface area contributed by atoms with E-state index in [1.165, 1.54) is 0 Å². The van der Waals surface area contributed by atoms with Gasteiger partial charge in [0.2, 0.25) is 5.76 Å². The fraction of sp³-hybridized carbons (Fsp3) is 0.400. The molecule has 0 spiro atoms. The predicted octanol–water partition coefficient (Wildman–Crippen LogP) is -0.0408. The van der Waals surface area contributed by atoms with Crippen molar-refractivity contribution in [2.24, 2.45) is 0 Å². The summed E-state index contributed by atoms with van der Waals surface area (Å²) in [6, 6.07) is 0. The molecule has 0 aromatic carbocycles. The molecule has 0 amide bonds. The summed E-state index contributed by atoms with van der Waals surface area (Å²) in [5.74, 6) is -0.731. The zero-order valence-corrected chi connectivity index (χ0v) is 4.66. The van der Waals surface area contributed by atoms with Crippen molar-refractivity contribution in [3.8, 4) is 0 Å². The smallest absolute Gasteiger partial charge is 0.377 e. The number of aliphatic hydroxyl groups excluding tert-OH is 1. The summed E-state index contributed by atoms with van der Waals surface area (Å²) in [5, 5.41) is 8.27. The largest absolute Gasteiger partial charge is 0.511 e. The summed E-state index contributed by atoms with van der Waals surface area (Å²) in [4.78, 5) is 10.4. The summed E-state index contributed by atoms with van der Waals surface area (Å²) in [6.45, 7) is 0.578. The van der Waals surface area contributed by atoms with Crippen LogP contribution in [0.3, 0.4) is 0 Å². The van der Waals surface area contributed by atoms with Gasteiger partial charge in [-0.1, -0.05) is 0 Å². The number of rotatable bonds is 0. The van der Waals surface area contributed by atoms with Crippen LogP contribution in [0.2, 0.25) is 0 Å². The van der Waals surface area contributed by atoms with E-state index in [0.29, 0.717) is 12.9 Å². The molecular formula is C5H6O4. The lowest BCUT2D eigenvalue weighted by atomic mass is 10.5. The third kappa shape index (κ3) is 1.13. The zero-order valence-electron chi connectivity index (χ0n) is 4.66. The average Bonchev–Trinajstić information content (AvgIpc) is 1.89. The van der Waals surface area contributed by atoms with Crippen molar-refractivity contribution in [3.05, 3.63) is 12.0 Å². The molecule has 4 nitrogen and oxygen atoms in total. The molecule has 0 aromatic heterocycles. The van der Waals surface area contributed by atoms with Crippen LogP contribution in [0.4, 0.5) is 0 Å². The van der Waals surface area contributed by atoms with Crippen molar-refractivity contribution in [1.82, 2.24) is 0 Å². The van der Waals surface area contributed by atoms with Gasteiger partial charge in [0.05, 0.1) is 0 Å². The van der Waals surface area contributed by atoms with E-state index in [1.807, 2.05) is 0 Å².